The average molecular weight is 156 g/mol. The van der Waals surface area contributed by atoms with E-state index in [0.717, 1.165) is 25.9 Å². The Kier molecular flexibility index (Phi) is 3.23. The minimum atomic E-state index is 0.305. The number of nitrogens with one attached hydrogen (secondary N) is 2. The van der Waals surface area contributed by atoms with E-state index < -0.39 is 0 Å². The fraction of sp³-hybridized carbons (Fsp3) is 0.750. The van der Waals surface area contributed by atoms with E-state index in [1.54, 1.807) is 0 Å². The maximum Gasteiger partial charge on any atom is 0.0845 e. The third-order valence-corrected chi connectivity index (χ3v) is 1.94. The molecule has 1 aliphatic heterocycles. The molecule has 0 unspecified atom stereocenters. The van der Waals surface area contributed by atoms with E-state index in [0.29, 0.717) is 6.61 Å². The van der Waals surface area contributed by atoms with Gasteiger partial charge in [0, 0.05) is 18.0 Å². The van der Waals surface area contributed by atoms with Gasteiger partial charge in [-0.3, -0.25) is 0 Å². The van der Waals surface area contributed by atoms with E-state index in [2.05, 4.69) is 17.6 Å². The lowest BCUT2D eigenvalue weighted by molar-refractivity contribution is 0.284. The maximum absolute atomic E-state index is 8.55. The summed E-state index contributed by atoms with van der Waals surface area (Å²) in [5.74, 6) is 0. The monoisotopic (exact) mass is 156 g/mol. The quantitative estimate of drug-likeness (QED) is 0.520. The molecule has 0 saturated heterocycles. The van der Waals surface area contributed by atoms with Crippen LogP contribution in [0.15, 0.2) is 11.4 Å². The Morgan fingerprint density at radius 3 is 2.73 bits per heavy atom. The second-order valence-corrected chi connectivity index (χ2v) is 2.81. The van der Waals surface area contributed by atoms with Gasteiger partial charge in [0.05, 0.1) is 6.67 Å². The lowest BCUT2D eigenvalue weighted by atomic mass is 10.2. The van der Waals surface area contributed by atoms with Gasteiger partial charge in [-0.25, -0.2) is 0 Å². The topological polar surface area (TPSA) is 44.3 Å². The predicted octanol–water partition coefficient (Wildman–Crippen LogP) is 0.531. The molecule has 0 bridgehead atoms. The number of allylic oxidation sites excluding steroid dienone is 2. The van der Waals surface area contributed by atoms with E-state index in [1.165, 1.54) is 11.4 Å². The van der Waals surface area contributed by atoms with Gasteiger partial charge in [-0.2, -0.15) is 0 Å². The molecule has 3 N–H and O–H groups in total. The minimum Gasteiger partial charge on any atom is -0.396 e. The summed E-state index contributed by atoms with van der Waals surface area (Å²) in [6.45, 7) is 3.24. The highest BCUT2D eigenvalue weighted by Gasteiger charge is 2.06. The zero-order chi connectivity index (χ0) is 8.10. The van der Waals surface area contributed by atoms with Gasteiger partial charge in [0.2, 0.25) is 0 Å². The molecule has 3 nitrogen and oxygen atoms in total. The van der Waals surface area contributed by atoms with Crippen LogP contribution in [0.25, 0.3) is 0 Å². The standard InChI is InChI=1S/C8H16N2O/c1-7-8(10-6-9-7)4-2-3-5-11/h9-11H,2-6H2,1H3. The van der Waals surface area contributed by atoms with Crippen molar-refractivity contribution >= 4 is 0 Å². The Morgan fingerprint density at radius 1 is 1.36 bits per heavy atom. The summed E-state index contributed by atoms with van der Waals surface area (Å²) in [5.41, 5.74) is 2.56. The van der Waals surface area contributed by atoms with Gasteiger partial charge in [0.25, 0.3) is 0 Å². The van der Waals surface area contributed by atoms with Crippen molar-refractivity contribution in [2.45, 2.75) is 26.2 Å². The van der Waals surface area contributed by atoms with Crippen LogP contribution in [0.2, 0.25) is 0 Å². The predicted molar refractivity (Wildman–Crippen MR) is 44.8 cm³/mol. The molecular formula is C8H16N2O. The molecule has 0 fully saturated rings. The van der Waals surface area contributed by atoms with Gasteiger partial charge in [0.15, 0.2) is 0 Å². The van der Waals surface area contributed by atoms with E-state index in [9.17, 15) is 0 Å². The summed E-state index contributed by atoms with van der Waals surface area (Å²) in [7, 11) is 0. The highest BCUT2D eigenvalue weighted by molar-refractivity contribution is 5.12. The molecule has 0 aromatic carbocycles. The van der Waals surface area contributed by atoms with Crippen molar-refractivity contribution in [2.24, 2.45) is 0 Å². The largest absolute Gasteiger partial charge is 0.396 e. The Hall–Kier alpha value is -0.700. The number of aliphatic hydroxyl groups is 1. The second-order valence-electron chi connectivity index (χ2n) is 2.81. The highest BCUT2D eigenvalue weighted by Crippen LogP contribution is 2.10. The van der Waals surface area contributed by atoms with Gasteiger partial charge in [-0.1, -0.05) is 0 Å². The van der Waals surface area contributed by atoms with Crippen molar-refractivity contribution in [1.29, 1.82) is 0 Å². The summed E-state index contributed by atoms with van der Waals surface area (Å²) < 4.78 is 0. The molecule has 0 amide bonds. The van der Waals surface area contributed by atoms with E-state index >= 15 is 0 Å². The molecule has 0 aromatic heterocycles. The summed E-state index contributed by atoms with van der Waals surface area (Å²) in [4.78, 5) is 0. The zero-order valence-corrected chi connectivity index (χ0v) is 6.98. The molecule has 11 heavy (non-hydrogen) atoms. The van der Waals surface area contributed by atoms with Crippen molar-refractivity contribution in [3.8, 4) is 0 Å². The summed E-state index contributed by atoms with van der Waals surface area (Å²) in [6.07, 6.45) is 3.02. The maximum atomic E-state index is 8.55. The normalized spacial score (nSPS) is 16.5. The molecule has 0 aliphatic carbocycles. The lowest BCUT2D eigenvalue weighted by Gasteiger charge is -2.01. The molecule has 1 rings (SSSR count). The van der Waals surface area contributed by atoms with Crippen LogP contribution in [0, 0.1) is 0 Å². The molecule has 0 spiro atoms. The molecule has 0 radical (unpaired) electrons. The van der Waals surface area contributed by atoms with Gasteiger partial charge in [-0.15, -0.1) is 0 Å². The first kappa shape index (κ1) is 8.40. The Morgan fingerprint density at radius 2 is 2.18 bits per heavy atom. The van der Waals surface area contributed by atoms with E-state index in [1.807, 2.05) is 0 Å². The first-order valence-electron chi connectivity index (χ1n) is 4.13. The molecule has 3 heteroatoms. The molecule has 1 heterocycles. The number of hydrogen-bond donors (Lipinski definition) is 3. The second kappa shape index (κ2) is 4.23. The highest BCUT2D eigenvalue weighted by atomic mass is 16.2. The third-order valence-electron chi connectivity index (χ3n) is 1.94. The SMILES string of the molecule is CC1=C(CCCCO)NCN1. The summed E-state index contributed by atoms with van der Waals surface area (Å²) in [5, 5.41) is 15.0. The molecule has 64 valence electrons. The van der Waals surface area contributed by atoms with Gasteiger partial charge in [-0.05, 0) is 26.2 Å². The molecular weight excluding hydrogens is 140 g/mol. The van der Waals surface area contributed by atoms with Gasteiger partial charge >= 0.3 is 0 Å². The Bertz CT molecular complexity index is 154. The molecule has 0 saturated carbocycles. The average Bonchev–Trinajstić information content (AvgIpc) is 2.37. The minimum absolute atomic E-state index is 0.305. The van der Waals surface area contributed by atoms with Crippen molar-refractivity contribution in [2.75, 3.05) is 13.3 Å². The van der Waals surface area contributed by atoms with Crippen LogP contribution >= 0.6 is 0 Å². The number of aliphatic hydroxyl groups excluding tert-OH is 1. The van der Waals surface area contributed by atoms with Crippen LogP contribution in [0.4, 0.5) is 0 Å². The number of unbranched alkanes of at least 4 members (excludes halogenated alkanes) is 1. The van der Waals surface area contributed by atoms with Crippen molar-refractivity contribution in [3.63, 3.8) is 0 Å². The molecule has 0 aromatic rings. The van der Waals surface area contributed by atoms with E-state index in [-0.39, 0.29) is 0 Å². The third kappa shape index (κ3) is 2.42. The first-order chi connectivity index (χ1) is 5.34. The zero-order valence-electron chi connectivity index (χ0n) is 6.98. The van der Waals surface area contributed by atoms with Crippen LogP contribution in [-0.2, 0) is 0 Å². The van der Waals surface area contributed by atoms with Crippen LogP contribution in [0.1, 0.15) is 26.2 Å². The number of rotatable bonds is 4. The summed E-state index contributed by atoms with van der Waals surface area (Å²) >= 11 is 0. The summed E-state index contributed by atoms with van der Waals surface area (Å²) in [6, 6.07) is 0. The molecule has 0 atom stereocenters. The van der Waals surface area contributed by atoms with Crippen LogP contribution in [0.3, 0.4) is 0 Å². The van der Waals surface area contributed by atoms with Crippen molar-refractivity contribution in [1.82, 2.24) is 10.6 Å². The van der Waals surface area contributed by atoms with Crippen LogP contribution < -0.4 is 10.6 Å². The van der Waals surface area contributed by atoms with Gasteiger partial charge < -0.3 is 15.7 Å². The van der Waals surface area contributed by atoms with Crippen LogP contribution in [-0.4, -0.2) is 18.4 Å². The number of hydrogen-bond acceptors (Lipinski definition) is 3. The van der Waals surface area contributed by atoms with E-state index in [4.69, 9.17) is 5.11 Å². The smallest absolute Gasteiger partial charge is 0.0845 e. The van der Waals surface area contributed by atoms with Crippen molar-refractivity contribution in [3.05, 3.63) is 11.4 Å². The van der Waals surface area contributed by atoms with Crippen molar-refractivity contribution < 1.29 is 5.11 Å². The Balaban J connectivity index is 2.20. The molecule has 1 aliphatic rings. The van der Waals surface area contributed by atoms with Gasteiger partial charge in [0.1, 0.15) is 0 Å². The first-order valence-corrected chi connectivity index (χ1v) is 4.13. The van der Waals surface area contributed by atoms with Crippen LogP contribution in [0.5, 0.6) is 0 Å². The lowest BCUT2D eigenvalue weighted by Crippen LogP contribution is -2.14. The fourth-order valence-corrected chi connectivity index (χ4v) is 1.21. The fourth-order valence-electron chi connectivity index (χ4n) is 1.21. The Labute approximate surface area is 67.5 Å².